The molecule has 142 valence electrons. The molecule has 0 aliphatic heterocycles. The van der Waals surface area contributed by atoms with E-state index in [2.05, 4.69) is 22.8 Å². The van der Waals surface area contributed by atoms with Crippen molar-refractivity contribution in [3.8, 4) is 0 Å². The fourth-order valence-corrected chi connectivity index (χ4v) is 3.15. The molecule has 3 N–H and O–H groups in total. The molecule has 0 bridgehead atoms. The molecule has 0 radical (unpaired) electrons. The third-order valence-electron chi connectivity index (χ3n) is 4.69. The highest BCUT2D eigenvalue weighted by atomic mass is 16.2. The van der Waals surface area contributed by atoms with Gasteiger partial charge in [0.25, 0.3) is 11.8 Å². The lowest BCUT2D eigenvalue weighted by Crippen LogP contribution is -3.11. The molecular weight excluding hydrogens is 338 g/mol. The van der Waals surface area contributed by atoms with E-state index in [1.165, 1.54) is 5.56 Å². The van der Waals surface area contributed by atoms with Gasteiger partial charge in [-0.25, -0.2) is 0 Å². The van der Waals surface area contributed by atoms with E-state index in [0.29, 0.717) is 12.6 Å². The standard InChI is InChI=1S/C22H27N3O2/c1-25(15-21(26)23-19-12-13-19)16-22(27)24-20(18-10-6-3-7-11-18)14-17-8-4-2-5-9-17/h2-11,19-20H,12-16H2,1H3,(H,23,26)(H,24,27)/p+1/t20-/m0/s1. The van der Waals surface area contributed by atoms with Crippen molar-refractivity contribution in [3.63, 3.8) is 0 Å². The van der Waals surface area contributed by atoms with Crippen LogP contribution in [0.4, 0.5) is 0 Å². The molecule has 2 aromatic rings. The summed E-state index contributed by atoms with van der Waals surface area (Å²) in [6, 6.07) is 20.4. The Morgan fingerprint density at radius 3 is 2.19 bits per heavy atom. The summed E-state index contributed by atoms with van der Waals surface area (Å²) in [5.74, 6) is -0.0248. The number of carbonyl (C=O) groups excluding carboxylic acids is 2. The van der Waals surface area contributed by atoms with Crippen molar-refractivity contribution >= 4 is 11.8 Å². The van der Waals surface area contributed by atoms with Gasteiger partial charge in [0.2, 0.25) is 0 Å². The van der Waals surface area contributed by atoms with Crippen LogP contribution < -0.4 is 15.5 Å². The van der Waals surface area contributed by atoms with Crippen molar-refractivity contribution in [1.29, 1.82) is 0 Å². The van der Waals surface area contributed by atoms with E-state index in [0.717, 1.165) is 29.7 Å². The van der Waals surface area contributed by atoms with Crippen LogP contribution >= 0.6 is 0 Å². The molecule has 5 heteroatoms. The highest BCUT2D eigenvalue weighted by Gasteiger charge is 2.25. The molecule has 0 heterocycles. The number of likely N-dealkylation sites (N-methyl/N-ethyl adjacent to an activating group) is 1. The Morgan fingerprint density at radius 1 is 0.963 bits per heavy atom. The monoisotopic (exact) mass is 366 g/mol. The molecule has 1 aliphatic carbocycles. The molecule has 1 unspecified atom stereocenters. The Kier molecular flexibility index (Phi) is 6.60. The molecule has 0 saturated heterocycles. The largest absolute Gasteiger partial charge is 0.348 e. The number of nitrogens with one attached hydrogen (secondary N) is 3. The normalized spacial score (nSPS) is 15.6. The van der Waals surface area contributed by atoms with Gasteiger partial charge in [-0.3, -0.25) is 9.59 Å². The summed E-state index contributed by atoms with van der Waals surface area (Å²) in [6.07, 6.45) is 2.88. The lowest BCUT2D eigenvalue weighted by atomic mass is 9.99. The van der Waals surface area contributed by atoms with Gasteiger partial charge in [0.15, 0.2) is 13.1 Å². The molecule has 3 rings (SSSR count). The van der Waals surface area contributed by atoms with Gasteiger partial charge in [-0.05, 0) is 30.4 Å². The van der Waals surface area contributed by atoms with E-state index in [9.17, 15) is 9.59 Å². The van der Waals surface area contributed by atoms with Crippen LogP contribution in [-0.4, -0.2) is 38.0 Å². The molecule has 1 fully saturated rings. The second-order valence-electron chi connectivity index (χ2n) is 7.37. The van der Waals surface area contributed by atoms with Crippen molar-refractivity contribution in [2.75, 3.05) is 20.1 Å². The summed E-state index contributed by atoms with van der Waals surface area (Å²) in [6.45, 7) is 0.592. The van der Waals surface area contributed by atoms with Crippen LogP contribution in [0.1, 0.15) is 30.0 Å². The van der Waals surface area contributed by atoms with E-state index in [4.69, 9.17) is 0 Å². The molecule has 1 saturated carbocycles. The van der Waals surface area contributed by atoms with Gasteiger partial charge in [0.05, 0.1) is 13.1 Å². The molecule has 2 amide bonds. The maximum absolute atomic E-state index is 12.6. The van der Waals surface area contributed by atoms with Crippen molar-refractivity contribution in [3.05, 3.63) is 71.8 Å². The zero-order valence-electron chi connectivity index (χ0n) is 15.8. The van der Waals surface area contributed by atoms with Crippen LogP contribution in [0, 0.1) is 0 Å². The van der Waals surface area contributed by atoms with E-state index in [-0.39, 0.29) is 24.4 Å². The number of benzene rings is 2. The number of hydrogen-bond donors (Lipinski definition) is 3. The molecule has 0 aromatic heterocycles. The first kappa shape index (κ1) is 19.1. The topological polar surface area (TPSA) is 62.6 Å². The molecular formula is C22H28N3O2+. The van der Waals surface area contributed by atoms with Crippen LogP contribution in [0.2, 0.25) is 0 Å². The smallest absolute Gasteiger partial charge is 0.275 e. The van der Waals surface area contributed by atoms with Crippen LogP contribution in [0.3, 0.4) is 0 Å². The van der Waals surface area contributed by atoms with Crippen LogP contribution in [0.5, 0.6) is 0 Å². The predicted octanol–water partition coefficient (Wildman–Crippen LogP) is 0.880. The molecule has 0 spiro atoms. The number of hydrogen-bond acceptors (Lipinski definition) is 2. The second-order valence-corrected chi connectivity index (χ2v) is 7.37. The minimum Gasteiger partial charge on any atom is -0.348 e. The quantitative estimate of drug-likeness (QED) is 0.617. The van der Waals surface area contributed by atoms with Crippen molar-refractivity contribution in [2.45, 2.75) is 31.3 Å². The maximum Gasteiger partial charge on any atom is 0.275 e. The Hall–Kier alpha value is -2.66. The minimum absolute atomic E-state index is 0.0201. The molecule has 5 nitrogen and oxygen atoms in total. The van der Waals surface area contributed by atoms with Crippen LogP contribution in [-0.2, 0) is 16.0 Å². The zero-order chi connectivity index (χ0) is 19.1. The van der Waals surface area contributed by atoms with E-state index in [1.54, 1.807) is 0 Å². The van der Waals surface area contributed by atoms with E-state index >= 15 is 0 Å². The molecule has 2 atom stereocenters. The highest BCUT2D eigenvalue weighted by molar-refractivity contribution is 5.79. The van der Waals surface area contributed by atoms with Crippen molar-refractivity contribution in [2.24, 2.45) is 0 Å². The second kappa shape index (κ2) is 9.33. The highest BCUT2D eigenvalue weighted by Crippen LogP contribution is 2.18. The van der Waals surface area contributed by atoms with Crippen LogP contribution in [0.25, 0.3) is 0 Å². The first-order chi connectivity index (χ1) is 13.1. The van der Waals surface area contributed by atoms with Gasteiger partial charge in [-0.15, -0.1) is 0 Å². The lowest BCUT2D eigenvalue weighted by molar-refractivity contribution is -0.862. The average Bonchev–Trinajstić information content (AvgIpc) is 3.46. The minimum atomic E-state index is -0.0887. The van der Waals surface area contributed by atoms with Crippen molar-refractivity contribution < 1.29 is 14.5 Å². The summed E-state index contributed by atoms with van der Waals surface area (Å²) in [4.78, 5) is 25.4. The van der Waals surface area contributed by atoms with Gasteiger partial charge >= 0.3 is 0 Å². The van der Waals surface area contributed by atoms with Crippen LogP contribution in [0.15, 0.2) is 60.7 Å². The first-order valence-corrected chi connectivity index (χ1v) is 9.59. The molecule has 2 aromatic carbocycles. The van der Waals surface area contributed by atoms with E-state index in [1.807, 2.05) is 55.6 Å². The summed E-state index contributed by atoms with van der Waals surface area (Å²) < 4.78 is 0. The van der Waals surface area contributed by atoms with E-state index < -0.39 is 0 Å². The fraction of sp³-hybridized carbons (Fsp3) is 0.364. The Labute approximate surface area is 160 Å². The SMILES string of the molecule is C[NH+](CC(=O)NC1CC1)CC(=O)N[C@@H](Cc1ccccc1)c1ccccc1. The van der Waals surface area contributed by atoms with Gasteiger partial charge < -0.3 is 15.5 Å². The predicted molar refractivity (Wildman–Crippen MR) is 105 cm³/mol. The number of carbonyl (C=O) groups is 2. The number of rotatable bonds is 9. The average molecular weight is 366 g/mol. The summed E-state index contributed by atoms with van der Waals surface area (Å²) in [5.41, 5.74) is 2.26. The fourth-order valence-electron chi connectivity index (χ4n) is 3.15. The third-order valence-corrected chi connectivity index (χ3v) is 4.69. The Bertz CT molecular complexity index is 745. The third kappa shape index (κ3) is 6.53. The Balaban J connectivity index is 1.57. The Morgan fingerprint density at radius 2 is 1.56 bits per heavy atom. The zero-order valence-corrected chi connectivity index (χ0v) is 15.8. The summed E-state index contributed by atoms with van der Waals surface area (Å²) in [7, 11) is 1.88. The van der Waals surface area contributed by atoms with Gasteiger partial charge in [-0.2, -0.15) is 0 Å². The maximum atomic E-state index is 12.6. The van der Waals surface area contributed by atoms with Crippen molar-refractivity contribution in [1.82, 2.24) is 10.6 Å². The molecule has 27 heavy (non-hydrogen) atoms. The summed E-state index contributed by atoms with van der Waals surface area (Å²) in [5, 5.41) is 6.11. The number of amides is 2. The van der Waals surface area contributed by atoms with Gasteiger partial charge in [-0.1, -0.05) is 60.7 Å². The number of quaternary nitrogens is 1. The van der Waals surface area contributed by atoms with Gasteiger partial charge in [0, 0.05) is 6.04 Å². The lowest BCUT2D eigenvalue weighted by Gasteiger charge is -2.21. The summed E-state index contributed by atoms with van der Waals surface area (Å²) >= 11 is 0. The molecule has 1 aliphatic rings. The first-order valence-electron chi connectivity index (χ1n) is 9.59. The van der Waals surface area contributed by atoms with Gasteiger partial charge in [0.1, 0.15) is 0 Å².